The lowest BCUT2D eigenvalue weighted by Gasteiger charge is -2.49. The molecule has 5 rings (SSSR count). The Kier molecular flexibility index (Phi) is 7.52. The zero-order valence-corrected chi connectivity index (χ0v) is 25.2. The van der Waals surface area contributed by atoms with E-state index in [1.165, 1.54) is 0 Å². The van der Waals surface area contributed by atoms with Crippen LogP contribution >= 0.6 is 27.5 Å². The van der Waals surface area contributed by atoms with Crippen LogP contribution in [0.25, 0.3) is 0 Å². The van der Waals surface area contributed by atoms with Gasteiger partial charge in [-0.15, -0.1) is 0 Å². The van der Waals surface area contributed by atoms with Gasteiger partial charge in [0, 0.05) is 40.4 Å². The van der Waals surface area contributed by atoms with E-state index in [4.69, 9.17) is 16.3 Å². The van der Waals surface area contributed by atoms with E-state index >= 15 is 0 Å². The van der Waals surface area contributed by atoms with Crippen molar-refractivity contribution in [3.63, 3.8) is 0 Å². The van der Waals surface area contributed by atoms with Crippen molar-refractivity contribution in [2.24, 2.45) is 5.41 Å². The molecule has 1 aliphatic carbocycles. The highest BCUT2D eigenvalue weighted by atomic mass is 79.9. The first kappa shape index (κ1) is 27.4. The van der Waals surface area contributed by atoms with Crippen LogP contribution in [0.4, 0.5) is 5.69 Å². The molecule has 2 amide bonds. The highest BCUT2D eigenvalue weighted by Gasteiger charge is 2.67. The van der Waals surface area contributed by atoms with Crippen LogP contribution in [0, 0.1) is 5.41 Å². The van der Waals surface area contributed by atoms with Gasteiger partial charge in [0.1, 0.15) is 5.41 Å². The summed E-state index contributed by atoms with van der Waals surface area (Å²) in [5.74, 6) is -0.319. The summed E-state index contributed by atoms with van der Waals surface area (Å²) in [5, 5.41) is 6.93. The molecule has 4 atom stereocenters. The lowest BCUT2D eigenvalue weighted by molar-refractivity contribution is -0.132. The van der Waals surface area contributed by atoms with Gasteiger partial charge >= 0.3 is 0 Å². The number of hydrogen-bond acceptors (Lipinski definition) is 3. The van der Waals surface area contributed by atoms with Crippen LogP contribution in [0.1, 0.15) is 50.2 Å². The van der Waals surface area contributed by atoms with Crippen molar-refractivity contribution >= 4 is 53.1 Å². The maximum atomic E-state index is 13.7. The Bertz CT molecular complexity index is 1180. The molecule has 8 heteroatoms. The summed E-state index contributed by atoms with van der Waals surface area (Å²) < 4.78 is 6.09. The Morgan fingerprint density at radius 2 is 1.83 bits per heavy atom. The third-order valence-corrected chi connectivity index (χ3v) is 11.7. The summed E-state index contributed by atoms with van der Waals surface area (Å²) in [6, 6.07) is 13.3. The van der Waals surface area contributed by atoms with Gasteiger partial charge in [0.15, 0.2) is 0 Å². The van der Waals surface area contributed by atoms with E-state index < -0.39 is 13.5 Å². The summed E-state index contributed by atoms with van der Waals surface area (Å²) in [5.41, 5.74) is 2.27. The van der Waals surface area contributed by atoms with E-state index in [1.54, 1.807) is 7.11 Å². The molecule has 5 nitrogen and oxygen atoms in total. The number of fused-ring (bicyclic) bond motifs is 2. The molecule has 1 spiro atoms. The van der Waals surface area contributed by atoms with Crippen molar-refractivity contribution in [3.05, 3.63) is 63.1 Å². The molecule has 1 saturated heterocycles. The van der Waals surface area contributed by atoms with Gasteiger partial charge in [-0.3, -0.25) is 9.59 Å². The normalized spacial score (nSPS) is 26.9. The fraction of sp³-hybridized carbons (Fsp3) is 0.500. The Morgan fingerprint density at radius 3 is 2.39 bits per heavy atom. The summed E-state index contributed by atoms with van der Waals surface area (Å²) in [7, 11) is 0.798. The van der Waals surface area contributed by atoms with E-state index in [-0.39, 0.29) is 35.6 Å². The molecule has 0 radical (unpaired) electrons. The van der Waals surface area contributed by atoms with Gasteiger partial charge in [-0.05, 0) is 60.6 Å². The van der Waals surface area contributed by atoms with E-state index in [9.17, 15) is 9.59 Å². The molecular formula is C28H36BrClN2O3Si. The van der Waals surface area contributed by atoms with Gasteiger partial charge < -0.3 is 15.4 Å². The number of benzene rings is 2. The second-order valence-electron chi connectivity index (χ2n) is 11.7. The van der Waals surface area contributed by atoms with Crippen LogP contribution in [0.2, 0.25) is 24.7 Å². The lowest BCUT2D eigenvalue weighted by atomic mass is 9.57. The molecule has 2 aromatic rings. The molecular weight excluding hydrogens is 556 g/mol. The standard InChI is InChI=1S/C22H20BrClN2O2.C6H16OSi/c1-21(7-8-21)19-22(15-6-5-13(23)10-17(15)25-20(22)28)16(11-18(27)26-19)12-3-2-4-14(24)9-12;1-6(7-2)8(3,4)5/h2-6,9-10,16,19H,7-8,11H2,1H3,(H,25,28)(H,26,27);6H,1-5H3/t16-,19+,22-;/m0./s1. The molecule has 3 aliphatic rings. The molecule has 2 heterocycles. The first-order chi connectivity index (χ1) is 16.8. The highest BCUT2D eigenvalue weighted by molar-refractivity contribution is 9.10. The van der Waals surface area contributed by atoms with Gasteiger partial charge in [-0.2, -0.15) is 0 Å². The van der Waals surface area contributed by atoms with Gasteiger partial charge in [0.25, 0.3) is 0 Å². The van der Waals surface area contributed by atoms with Gasteiger partial charge in [-0.1, -0.05) is 72.3 Å². The second-order valence-corrected chi connectivity index (χ2v) is 18.6. The molecule has 2 fully saturated rings. The number of ether oxygens (including phenoxy) is 1. The molecule has 36 heavy (non-hydrogen) atoms. The third kappa shape index (κ3) is 4.92. The molecule has 2 aliphatic heterocycles. The predicted octanol–water partition coefficient (Wildman–Crippen LogP) is 6.66. The van der Waals surface area contributed by atoms with Crippen LogP contribution in [0.5, 0.6) is 0 Å². The minimum Gasteiger partial charge on any atom is -0.385 e. The maximum absolute atomic E-state index is 13.7. The van der Waals surface area contributed by atoms with Crippen LogP contribution in [0.15, 0.2) is 46.9 Å². The topological polar surface area (TPSA) is 67.4 Å². The van der Waals surface area contributed by atoms with Gasteiger partial charge in [0.2, 0.25) is 11.8 Å². The number of piperidine rings is 1. The summed E-state index contributed by atoms with van der Waals surface area (Å²) in [6.07, 6.45) is 2.26. The second kappa shape index (κ2) is 9.90. The zero-order chi connectivity index (χ0) is 26.5. The number of halogens is 2. The van der Waals surface area contributed by atoms with Crippen molar-refractivity contribution in [2.75, 3.05) is 12.4 Å². The zero-order valence-electron chi connectivity index (χ0n) is 21.9. The number of rotatable bonds is 4. The monoisotopic (exact) mass is 590 g/mol. The van der Waals surface area contributed by atoms with Crippen molar-refractivity contribution in [1.82, 2.24) is 5.32 Å². The van der Waals surface area contributed by atoms with Crippen molar-refractivity contribution < 1.29 is 14.3 Å². The number of amides is 2. The number of hydrogen-bond donors (Lipinski definition) is 2. The maximum Gasteiger partial charge on any atom is 0.237 e. The van der Waals surface area contributed by atoms with Crippen LogP contribution in [0.3, 0.4) is 0 Å². The Morgan fingerprint density at radius 1 is 1.14 bits per heavy atom. The first-order valence-electron chi connectivity index (χ1n) is 12.5. The van der Waals surface area contributed by atoms with Gasteiger partial charge in [-0.25, -0.2) is 0 Å². The Balaban J connectivity index is 0.000000331. The molecule has 1 unspecified atom stereocenters. The summed E-state index contributed by atoms with van der Waals surface area (Å²) in [6.45, 7) is 11.2. The Hall–Kier alpha value is -1.67. The van der Waals surface area contributed by atoms with E-state index in [1.807, 2.05) is 42.5 Å². The number of anilines is 1. The van der Waals surface area contributed by atoms with E-state index in [2.05, 4.69) is 60.1 Å². The highest BCUT2D eigenvalue weighted by Crippen LogP contribution is 2.62. The molecule has 0 aromatic heterocycles. The quantitative estimate of drug-likeness (QED) is 0.391. The summed E-state index contributed by atoms with van der Waals surface area (Å²) in [4.78, 5) is 26.4. The molecule has 0 bridgehead atoms. The minimum absolute atomic E-state index is 0.00733. The number of nitrogens with one attached hydrogen (secondary N) is 2. The fourth-order valence-electron chi connectivity index (χ4n) is 5.51. The lowest BCUT2D eigenvalue weighted by Crippen LogP contribution is -2.64. The third-order valence-electron chi connectivity index (χ3n) is 8.31. The fourth-order valence-corrected chi connectivity index (χ4v) is 6.78. The average molecular weight is 592 g/mol. The smallest absolute Gasteiger partial charge is 0.237 e. The first-order valence-corrected chi connectivity index (χ1v) is 17.3. The largest absolute Gasteiger partial charge is 0.385 e. The van der Waals surface area contributed by atoms with Crippen LogP contribution in [-0.2, 0) is 19.7 Å². The molecule has 194 valence electrons. The van der Waals surface area contributed by atoms with Crippen molar-refractivity contribution in [3.8, 4) is 0 Å². The number of carbonyl (C=O) groups is 2. The minimum atomic E-state index is -0.983. The van der Waals surface area contributed by atoms with Crippen LogP contribution in [-0.4, -0.2) is 38.8 Å². The summed E-state index contributed by atoms with van der Waals surface area (Å²) >= 11 is 9.79. The predicted molar refractivity (Wildman–Crippen MR) is 152 cm³/mol. The van der Waals surface area contributed by atoms with E-state index in [0.29, 0.717) is 10.7 Å². The number of carbonyl (C=O) groups excluding carboxylic acids is 2. The SMILES string of the molecule is CC1([C@H]2NC(=O)C[C@@H](c3cccc(Cl)c3)[C@]23C(=O)Nc2cc(Br)ccc23)CC1.COC(C)[Si](C)(C)C. The van der Waals surface area contributed by atoms with Crippen molar-refractivity contribution in [2.45, 2.75) is 75.9 Å². The number of methoxy groups -OCH3 is 1. The molecule has 2 aromatic carbocycles. The molecule has 1 saturated carbocycles. The van der Waals surface area contributed by atoms with Crippen LogP contribution < -0.4 is 10.6 Å². The van der Waals surface area contributed by atoms with Crippen molar-refractivity contribution in [1.29, 1.82) is 0 Å². The van der Waals surface area contributed by atoms with Gasteiger partial charge in [0.05, 0.1) is 14.1 Å². The Labute approximate surface area is 228 Å². The average Bonchev–Trinajstić information content (AvgIpc) is 3.50. The van der Waals surface area contributed by atoms with E-state index in [0.717, 1.165) is 34.1 Å². The molecule has 2 N–H and O–H groups in total.